The van der Waals surface area contributed by atoms with Gasteiger partial charge in [0.1, 0.15) is 17.7 Å². The van der Waals surface area contributed by atoms with Crippen LogP contribution in [0.4, 0.5) is 10.5 Å². The third-order valence-electron chi connectivity index (χ3n) is 6.12. The lowest BCUT2D eigenvalue weighted by atomic mass is 9.97. The smallest absolute Gasteiger partial charge is 0.408 e. The summed E-state index contributed by atoms with van der Waals surface area (Å²) in [5, 5.41) is 5.62. The van der Waals surface area contributed by atoms with Crippen LogP contribution in [-0.4, -0.2) is 34.5 Å². The largest absolute Gasteiger partial charge is 0.444 e. The Hall–Kier alpha value is -4.57. The van der Waals surface area contributed by atoms with Crippen molar-refractivity contribution in [3.05, 3.63) is 101 Å². The highest BCUT2D eigenvalue weighted by molar-refractivity contribution is 6.00. The molecule has 0 aromatic heterocycles. The van der Waals surface area contributed by atoms with E-state index in [-0.39, 0.29) is 6.42 Å². The fourth-order valence-electron chi connectivity index (χ4n) is 4.43. The molecule has 2 N–H and O–H groups in total. The molecule has 0 saturated heterocycles. The zero-order chi connectivity index (χ0) is 29.4. The lowest BCUT2D eigenvalue weighted by Crippen LogP contribution is -2.51. The van der Waals surface area contributed by atoms with Crippen LogP contribution in [0.5, 0.6) is 0 Å². The molecule has 0 aliphatic heterocycles. The standard InChI is InChI=1S/C33H37N3O4/c1-8-36(31(38)28(21-25-15-10-9-11-16-25)35-32(39)40-33(5,6)7)29(26-19-22(2)18-23(3)20-26)30(37)34-27-17-13-12-14-24(27)4/h1,9-20,28-29H,21H2,2-7H3,(H,34,37)(H,35,39). The monoisotopic (exact) mass is 539 g/mol. The Morgan fingerprint density at radius 3 is 2.10 bits per heavy atom. The van der Waals surface area contributed by atoms with Crippen molar-refractivity contribution in [2.24, 2.45) is 0 Å². The number of anilines is 1. The van der Waals surface area contributed by atoms with Crippen LogP contribution in [0.2, 0.25) is 0 Å². The number of alkyl carbamates (subject to hydrolysis) is 1. The molecule has 40 heavy (non-hydrogen) atoms. The second kappa shape index (κ2) is 13.0. The van der Waals surface area contributed by atoms with Gasteiger partial charge in [0, 0.05) is 18.2 Å². The van der Waals surface area contributed by atoms with E-state index in [1.54, 1.807) is 26.8 Å². The van der Waals surface area contributed by atoms with E-state index in [9.17, 15) is 14.4 Å². The zero-order valence-electron chi connectivity index (χ0n) is 23.9. The van der Waals surface area contributed by atoms with Gasteiger partial charge in [0.25, 0.3) is 11.8 Å². The molecule has 0 saturated carbocycles. The van der Waals surface area contributed by atoms with Gasteiger partial charge in [-0.1, -0.05) is 84.3 Å². The van der Waals surface area contributed by atoms with Crippen molar-refractivity contribution in [1.82, 2.24) is 10.2 Å². The molecule has 208 valence electrons. The Morgan fingerprint density at radius 2 is 1.52 bits per heavy atom. The summed E-state index contributed by atoms with van der Waals surface area (Å²) in [4.78, 5) is 41.8. The van der Waals surface area contributed by atoms with Crippen molar-refractivity contribution in [2.75, 3.05) is 5.32 Å². The third kappa shape index (κ3) is 8.21. The molecular formula is C33H37N3O4. The van der Waals surface area contributed by atoms with E-state index in [0.29, 0.717) is 11.3 Å². The molecule has 3 aromatic rings. The number of nitrogens with zero attached hydrogens (tertiary/aromatic N) is 1. The van der Waals surface area contributed by atoms with Gasteiger partial charge in [0.15, 0.2) is 0 Å². The molecular weight excluding hydrogens is 502 g/mol. The Kier molecular flexibility index (Phi) is 9.73. The van der Waals surface area contributed by atoms with Crippen LogP contribution in [0.3, 0.4) is 0 Å². The number of aryl methyl sites for hydroxylation is 3. The maximum absolute atomic E-state index is 14.1. The first-order chi connectivity index (χ1) is 18.9. The van der Waals surface area contributed by atoms with Crippen molar-refractivity contribution in [3.63, 3.8) is 0 Å². The normalized spacial score (nSPS) is 12.4. The van der Waals surface area contributed by atoms with Crippen LogP contribution >= 0.6 is 0 Å². The van der Waals surface area contributed by atoms with E-state index in [1.807, 2.05) is 87.5 Å². The van der Waals surface area contributed by atoms with Crippen molar-refractivity contribution >= 4 is 23.6 Å². The van der Waals surface area contributed by atoms with Crippen LogP contribution in [0.25, 0.3) is 0 Å². The summed E-state index contributed by atoms with van der Waals surface area (Å²) in [5.41, 5.74) is 3.90. The van der Waals surface area contributed by atoms with Crippen LogP contribution in [0, 0.1) is 33.2 Å². The summed E-state index contributed by atoms with van der Waals surface area (Å²) >= 11 is 0. The van der Waals surface area contributed by atoms with Gasteiger partial charge < -0.3 is 15.4 Å². The first kappa shape index (κ1) is 30.0. The van der Waals surface area contributed by atoms with Gasteiger partial charge in [0.2, 0.25) is 0 Å². The van der Waals surface area contributed by atoms with Crippen molar-refractivity contribution in [1.29, 1.82) is 0 Å². The number of carbonyl (C=O) groups excluding carboxylic acids is 3. The zero-order valence-corrected chi connectivity index (χ0v) is 23.9. The van der Waals surface area contributed by atoms with Gasteiger partial charge in [0.05, 0.1) is 0 Å². The summed E-state index contributed by atoms with van der Waals surface area (Å²) in [7, 11) is 0. The second-order valence-electron chi connectivity index (χ2n) is 10.9. The van der Waals surface area contributed by atoms with Crippen molar-refractivity contribution in [2.45, 2.75) is 65.6 Å². The fraction of sp³-hybridized carbons (Fsp3) is 0.303. The van der Waals surface area contributed by atoms with E-state index in [4.69, 9.17) is 11.2 Å². The number of amides is 3. The maximum atomic E-state index is 14.1. The predicted octanol–water partition coefficient (Wildman–Crippen LogP) is 5.85. The highest BCUT2D eigenvalue weighted by atomic mass is 16.6. The number of rotatable bonds is 8. The molecule has 2 unspecified atom stereocenters. The van der Waals surface area contributed by atoms with Gasteiger partial charge in [-0.05, 0) is 64.3 Å². The summed E-state index contributed by atoms with van der Waals surface area (Å²) in [6.07, 6.45) is 5.33. The minimum Gasteiger partial charge on any atom is -0.444 e. The minimum atomic E-state index is -1.16. The Bertz CT molecular complexity index is 1380. The number of hydrogen-bond donors (Lipinski definition) is 2. The van der Waals surface area contributed by atoms with Crippen LogP contribution in [-0.2, 0) is 20.7 Å². The number of carbonyl (C=O) groups is 3. The van der Waals surface area contributed by atoms with Crippen LogP contribution in [0.15, 0.2) is 72.8 Å². The number of hydrogen-bond acceptors (Lipinski definition) is 4. The molecule has 0 bridgehead atoms. The SMILES string of the molecule is C#CN(C(=O)C(Cc1ccccc1)NC(=O)OC(C)(C)C)C(C(=O)Nc1ccccc1C)c1cc(C)cc(C)c1. The Labute approximate surface area is 236 Å². The second-order valence-corrected chi connectivity index (χ2v) is 10.9. The van der Waals surface area contributed by atoms with E-state index in [2.05, 4.69) is 16.7 Å². The Balaban J connectivity index is 2.04. The first-order valence-corrected chi connectivity index (χ1v) is 13.2. The molecule has 0 spiro atoms. The minimum absolute atomic E-state index is 0.149. The highest BCUT2D eigenvalue weighted by Crippen LogP contribution is 2.27. The van der Waals surface area contributed by atoms with Gasteiger partial charge in [-0.3, -0.25) is 14.5 Å². The number of terminal acetylenes is 1. The third-order valence-corrected chi connectivity index (χ3v) is 6.12. The molecule has 0 heterocycles. The summed E-state index contributed by atoms with van der Waals surface area (Å²) in [6, 6.07) is 22.5. The molecule has 0 aliphatic carbocycles. The summed E-state index contributed by atoms with van der Waals surface area (Å²) in [5.74, 6) is -1.08. The molecule has 3 amide bonds. The van der Waals surface area contributed by atoms with Gasteiger partial charge >= 0.3 is 6.09 Å². The van der Waals surface area contributed by atoms with E-state index in [1.165, 1.54) is 0 Å². The number of nitrogens with one attached hydrogen (secondary N) is 2. The number of benzene rings is 3. The molecule has 0 fully saturated rings. The van der Waals surface area contributed by atoms with E-state index >= 15 is 0 Å². The molecule has 7 heteroatoms. The lowest BCUT2D eigenvalue weighted by molar-refractivity contribution is -0.136. The van der Waals surface area contributed by atoms with Crippen LogP contribution < -0.4 is 10.6 Å². The van der Waals surface area contributed by atoms with Gasteiger partial charge in [-0.15, -0.1) is 0 Å². The summed E-state index contributed by atoms with van der Waals surface area (Å²) in [6.45, 7) is 10.9. The topological polar surface area (TPSA) is 87.7 Å². The van der Waals surface area contributed by atoms with Crippen molar-refractivity contribution < 1.29 is 19.1 Å². The van der Waals surface area contributed by atoms with E-state index in [0.717, 1.165) is 27.2 Å². The average molecular weight is 540 g/mol. The van der Waals surface area contributed by atoms with Gasteiger partial charge in [-0.2, -0.15) is 0 Å². The van der Waals surface area contributed by atoms with Crippen LogP contribution in [0.1, 0.15) is 54.6 Å². The molecule has 0 aliphatic rings. The van der Waals surface area contributed by atoms with Gasteiger partial charge in [-0.25, -0.2) is 4.79 Å². The molecule has 3 aromatic carbocycles. The molecule has 0 radical (unpaired) electrons. The lowest BCUT2D eigenvalue weighted by Gasteiger charge is -2.31. The predicted molar refractivity (Wildman–Crippen MR) is 157 cm³/mol. The van der Waals surface area contributed by atoms with E-state index < -0.39 is 35.6 Å². The molecule has 3 rings (SSSR count). The first-order valence-electron chi connectivity index (χ1n) is 13.2. The maximum Gasteiger partial charge on any atom is 0.408 e. The fourth-order valence-corrected chi connectivity index (χ4v) is 4.43. The number of para-hydroxylation sites is 1. The Morgan fingerprint density at radius 1 is 0.925 bits per heavy atom. The highest BCUT2D eigenvalue weighted by Gasteiger charge is 2.36. The summed E-state index contributed by atoms with van der Waals surface area (Å²) < 4.78 is 5.43. The number of ether oxygens (including phenoxy) is 1. The van der Waals surface area contributed by atoms with Crippen molar-refractivity contribution in [3.8, 4) is 12.5 Å². The quantitative estimate of drug-likeness (QED) is 0.278. The molecule has 7 nitrogen and oxygen atoms in total. The average Bonchev–Trinajstić information content (AvgIpc) is 2.86. The molecule has 2 atom stereocenters.